The zero-order chi connectivity index (χ0) is 42.2. The lowest BCUT2D eigenvalue weighted by atomic mass is 10.0. The van der Waals surface area contributed by atoms with Crippen LogP contribution in [0.25, 0.3) is 33.3 Å². The normalized spacial score (nSPS) is 12.1. The van der Waals surface area contributed by atoms with E-state index in [-0.39, 0.29) is 11.9 Å². The van der Waals surface area contributed by atoms with Gasteiger partial charge < -0.3 is 58.0 Å². The summed E-state index contributed by atoms with van der Waals surface area (Å²) in [5.74, 6) is 0.570. The number of pyridine rings is 2. The van der Waals surface area contributed by atoms with E-state index in [9.17, 15) is 4.79 Å². The highest BCUT2D eigenvalue weighted by atomic mass is 16.6. The first kappa shape index (κ1) is 46.4. The molecule has 1 amide bonds. The average Bonchev–Trinajstić information content (AvgIpc) is 3.82. The van der Waals surface area contributed by atoms with Crippen molar-refractivity contribution >= 4 is 16.9 Å². The minimum absolute atomic E-state index is 0.0565. The lowest BCUT2D eigenvalue weighted by Gasteiger charge is -2.15. The number of amides is 1. The molecule has 1 unspecified atom stereocenters. The molecule has 0 bridgehead atoms. The van der Waals surface area contributed by atoms with Crippen molar-refractivity contribution in [3.05, 3.63) is 89.8 Å². The Balaban J connectivity index is 0.920. The summed E-state index contributed by atoms with van der Waals surface area (Å²) in [5, 5.41) is 7.07. The maximum absolute atomic E-state index is 12.9. The molecule has 0 aliphatic carbocycles. The summed E-state index contributed by atoms with van der Waals surface area (Å²) < 4.78 is 51.4. The lowest BCUT2D eigenvalue weighted by molar-refractivity contribution is -0.0228. The summed E-state index contributed by atoms with van der Waals surface area (Å²) >= 11 is 0. The number of carbonyl (C=O) groups is 1. The van der Waals surface area contributed by atoms with Gasteiger partial charge in [0.05, 0.1) is 134 Å². The molecule has 4 aromatic heterocycles. The van der Waals surface area contributed by atoms with Crippen molar-refractivity contribution in [2.75, 3.05) is 119 Å². The standard InChI is InChI=1S/C44H60N6O10/c1-33-42(35(3)60-49-33)38-30-41-43(48-31-38)39(32-50(41)34(2)40-6-4-5-12-46-40)36-7-9-37(10-8-36)44(51)47-13-15-53-17-19-55-21-23-57-25-27-59-29-28-58-26-24-56-22-20-54-18-16-52-14-11-45/h4-10,12,30-32,34H,11,13-29,45H2,1-3H3,(H,47,51). The second-order valence-electron chi connectivity index (χ2n) is 13.7. The van der Waals surface area contributed by atoms with E-state index in [1.807, 2.05) is 62.5 Å². The van der Waals surface area contributed by atoms with Crippen molar-refractivity contribution < 1.29 is 47.2 Å². The van der Waals surface area contributed by atoms with E-state index in [2.05, 4.69) is 39.2 Å². The van der Waals surface area contributed by atoms with Gasteiger partial charge in [-0.05, 0) is 56.7 Å². The number of aryl methyl sites for hydroxylation is 2. The van der Waals surface area contributed by atoms with Crippen LogP contribution in [-0.4, -0.2) is 144 Å². The van der Waals surface area contributed by atoms with E-state index in [1.54, 1.807) is 6.20 Å². The van der Waals surface area contributed by atoms with E-state index >= 15 is 0 Å². The van der Waals surface area contributed by atoms with Gasteiger partial charge in [0.1, 0.15) is 5.76 Å². The maximum atomic E-state index is 12.9. The second-order valence-corrected chi connectivity index (χ2v) is 13.7. The summed E-state index contributed by atoms with van der Waals surface area (Å²) in [6.45, 7) is 14.6. The molecule has 4 heterocycles. The molecule has 5 aromatic rings. The summed E-state index contributed by atoms with van der Waals surface area (Å²) in [7, 11) is 0. The van der Waals surface area contributed by atoms with Gasteiger partial charge in [0.15, 0.2) is 0 Å². The van der Waals surface area contributed by atoms with Crippen molar-refractivity contribution in [2.45, 2.75) is 26.8 Å². The molecule has 0 radical (unpaired) electrons. The third-order valence-corrected chi connectivity index (χ3v) is 9.38. The van der Waals surface area contributed by atoms with Crippen LogP contribution in [0.1, 0.15) is 40.5 Å². The first-order valence-electron chi connectivity index (χ1n) is 20.5. The Morgan fingerprint density at radius 1 is 0.717 bits per heavy atom. The SMILES string of the molecule is Cc1noc(C)c1-c1cnc2c(-c3ccc(C(=O)NCCOCCOCCOCCOCCOCCOCCOCCOCCN)cc3)cn(C(C)c3ccccn3)c2c1. The zero-order valence-corrected chi connectivity index (χ0v) is 35.1. The highest BCUT2D eigenvalue weighted by molar-refractivity contribution is 5.97. The highest BCUT2D eigenvalue weighted by Gasteiger charge is 2.20. The number of ether oxygens (including phenoxy) is 8. The Morgan fingerprint density at radius 2 is 1.27 bits per heavy atom. The van der Waals surface area contributed by atoms with E-state index in [0.717, 1.165) is 50.4 Å². The van der Waals surface area contributed by atoms with Crippen LogP contribution in [0.3, 0.4) is 0 Å². The second kappa shape index (κ2) is 26.6. The number of rotatable bonds is 31. The van der Waals surface area contributed by atoms with Crippen molar-refractivity contribution in [3.8, 4) is 22.3 Å². The lowest BCUT2D eigenvalue weighted by Crippen LogP contribution is -2.27. The Kier molecular flexibility index (Phi) is 20.6. The van der Waals surface area contributed by atoms with Gasteiger partial charge in [-0.25, -0.2) is 0 Å². The first-order chi connectivity index (χ1) is 29.5. The Labute approximate surface area is 351 Å². The summed E-state index contributed by atoms with van der Waals surface area (Å²) in [4.78, 5) is 22.5. The quantitative estimate of drug-likeness (QED) is 0.0581. The molecule has 0 spiro atoms. The van der Waals surface area contributed by atoms with Gasteiger partial charge in [-0.15, -0.1) is 0 Å². The van der Waals surface area contributed by atoms with Gasteiger partial charge in [-0.1, -0.05) is 23.4 Å². The number of hydrogen-bond acceptors (Lipinski definition) is 14. The monoisotopic (exact) mass is 832 g/mol. The fourth-order valence-electron chi connectivity index (χ4n) is 6.32. The van der Waals surface area contributed by atoms with Crippen LogP contribution in [0.15, 0.2) is 71.6 Å². The molecule has 326 valence electrons. The molecule has 0 saturated carbocycles. The topological polar surface area (TPSA) is 186 Å². The van der Waals surface area contributed by atoms with Gasteiger partial charge >= 0.3 is 0 Å². The van der Waals surface area contributed by atoms with Crippen molar-refractivity contribution in [2.24, 2.45) is 5.73 Å². The molecular weight excluding hydrogens is 773 g/mol. The third kappa shape index (κ3) is 14.8. The molecule has 0 aliphatic rings. The van der Waals surface area contributed by atoms with Crippen LogP contribution in [0.2, 0.25) is 0 Å². The molecular formula is C44H60N6O10. The van der Waals surface area contributed by atoms with Gasteiger partial charge in [0.2, 0.25) is 0 Å². The number of nitrogens with zero attached hydrogens (tertiary/aromatic N) is 4. The Bertz CT molecular complexity index is 1940. The molecule has 3 N–H and O–H groups in total. The fraction of sp³-hybridized carbons (Fsp3) is 0.500. The van der Waals surface area contributed by atoms with Crippen LogP contribution in [-0.2, 0) is 37.9 Å². The molecule has 0 aliphatic heterocycles. The van der Waals surface area contributed by atoms with E-state index in [4.69, 9.17) is 53.1 Å². The predicted molar refractivity (Wildman–Crippen MR) is 226 cm³/mol. The van der Waals surface area contributed by atoms with Crippen LogP contribution in [0, 0.1) is 13.8 Å². The molecule has 0 fully saturated rings. The predicted octanol–water partition coefficient (Wildman–Crippen LogP) is 4.80. The first-order valence-corrected chi connectivity index (χ1v) is 20.5. The molecule has 0 saturated heterocycles. The molecule has 1 aromatic carbocycles. The largest absolute Gasteiger partial charge is 0.378 e. The van der Waals surface area contributed by atoms with Crippen molar-refractivity contribution in [3.63, 3.8) is 0 Å². The van der Waals surface area contributed by atoms with E-state index in [1.165, 1.54) is 0 Å². The van der Waals surface area contributed by atoms with Gasteiger partial charge in [0.25, 0.3) is 5.91 Å². The zero-order valence-electron chi connectivity index (χ0n) is 35.1. The number of nitrogens with one attached hydrogen (secondary N) is 1. The molecule has 16 heteroatoms. The van der Waals surface area contributed by atoms with Crippen molar-refractivity contribution in [1.82, 2.24) is 25.0 Å². The molecule has 1 atom stereocenters. The molecule has 16 nitrogen and oxygen atoms in total. The number of carbonyl (C=O) groups excluding carboxylic acids is 1. The van der Waals surface area contributed by atoms with Gasteiger partial charge in [-0.2, -0.15) is 0 Å². The van der Waals surface area contributed by atoms with Crippen LogP contribution in [0.5, 0.6) is 0 Å². The third-order valence-electron chi connectivity index (χ3n) is 9.38. The number of nitrogens with two attached hydrogens (primary N) is 1. The highest BCUT2D eigenvalue weighted by Crippen LogP contribution is 2.36. The Morgan fingerprint density at radius 3 is 1.77 bits per heavy atom. The van der Waals surface area contributed by atoms with Crippen molar-refractivity contribution in [1.29, 1.82) is 0 Å². The van der Waals surface area contributed by atoms with Gasteiger partial charge in [0, 0.05) is 53.9 Å². The summed E-state index contributed by atoms with van der Waals surface area (Å²) in [6.07, 6.45) is 5.77. The van der Waals surface area contributed by atoms with Crippen LogP contribution >= 0.6 is 0 Å². The molecule has 5 rings (SSSR count). The molecule has 60 heavy (non-hydrogen) atoms. The maximum Gasteiger partial charge on any atom is 0.251 e. The van der Waals surface area contributed by atoms with Gasteiger partial charge in [-0.3, -0.25) is 14.8 Å². The number of hydrogen-bond donors (Lipinski definition) is 2. The summed E-state index contributed by atoms with van der Waals surface area (Å²) in [6, 6.07) is 15.6. The summed E-state index contributed by atoms with van der Waals surface area (Å²) in [5.41, 5.74) is 13.2. The number of aromatic nitrogens is 4. The average molecular weight is 833 g/mol. The minimum Gasteiger partial charge on any atom is -0.378 e. The van der Waals surface area contributed by atoms with Crippen LogP contribution in [0.4, 0.5) is 0 Å². The fourth-order valence-corrected chi connectivity index (χ4v) is 6.32. The van der Waals surface area contributed by atoms with E-state index in [0.29, 0.717) is 124 Å². The minimum atomic E-state index is -0.174. The number of fused-ring (bicyclic) bond motifs is 1. The number of benzene rings is 1. The Hall–Kier alpha value is -4.62. The van der Waals surface area contributed by atoms with E-state index < -0.39 is 0 Å². The van der Waals surface area contributed by atoms with Crippen LogP contribution < -0.4 is 11.1 Å². The smallest absolute Gasteiger partial charge is 0.251 e.